The molecule has 0 fully saturated rings. The van der Waals surface area contributed by atoms with Crippen LogP contribution in [0.25, 0.3) is 10.9 Å². The van der Waals surface area contributed by atoms with Crippen molar-refractivity contribution in [1.82, 2.24) is 19.7 Å². The van der Waals surface area contributed by atoms with Gasteiger partial charge in [-0.15, -0.1) is 0 Å². The zero-order chi connectivity index (χ0) is 15.6. The number of nitrogens with one attached hydrogen (secondary N) is 1. The molecular formula is C17H18N4O2. The molecule has 1 aromatic carbocycles. The summed E-state index contributed by atoms with van der Waals surface area (Å²) in [6.07, 6.45) is 2.96. The summed E-state index contributed by atoms with van der Waals surface area (Å²) in [5.74, 6) is 0.529. The first-order valence-electron chi connectivity index (χ1n) is 7.84. The van der Waals surface area contributed by atoms with Gasteiger partial charge < -0.3 is 14.6 Å². The summed E-state index contributed by atoms with van der Waals surface area (Å²) in [6.45, 7) is 2.84. The summed E-state index contributed by atoms with van der Waals surface area (Å²) in [4.78, 5) is 12.1. The molecule has 0 atom stereocenters. The number of amides is 1. The molecule has 0 aliphatic carbocycles. The predicted molar refractivity (Wildman–Crippen MR) is 86.6 cm³/mol. The maximum absolute atomic E-state index is 12.1. The Labute approximate surface area is 133 Å². The minimum Gasteiger partial charge on any atom is -0.476 e. The normalized spacial score (nSPS) is 13.0. The van der Waals surface area contributed by atoms with Crippen LogP contribution in [0.5, 0.6) is 5.88 Å². The van der Waals surface area contributed by atoms with E-state index in [0.29, 0.717) is 31.3 Å². The third-order valence-electron chi connectivity index (χ3n) is 4.07. The molecule has 4 rings (SSSR count). The molecule has 3 aromatic rings. The van der Waals surface area contributed by atoms with Crippen LogP contribution in [0, 0.1) is 0 Å². The Morgan fingerprint density at radius 3 is 3.13 bits per heavy atom. The first-order chi connectivity index (χ1) is 11.3. The smallest absolute Gasteiger partial charge is 0.271 e. The fourth-order valence-electron chi connectivity index (χ4n) is 2.90. The largest absolute Gasteiger partial charge is 0.476 e. The molecule has 118 valence electrons. The number of carbonyl (C=O) groups is 1. The van der Waals surface area contributed by atoms with Crippen molar-refractivity contribution in [3.63, 3.8) is 0 Å². The second-order valence-corrected chi connectivity index (χ2v) is 5.62. The standard InChI is InChI=1S/C17H18N4O2/c22-17(14-12-16-21(19-14)10-11-23-16)18-7-3-8-20-9-6-13-4-1-2-5-15(13)20/h1-2,4-6,9,12H,3,7-8,10-11H2,(H,18,22). The van der Waals surface area contributed by atoms with Crippen LogP contribution in [0.3, 0.4) is 0 Å². The van der Waals surface area contributed by atoms with E-state index >= 15 is 0 Å². The summed E-state index contributed by atoms with van der Waals surface area (Å²) in [5.41, 5.74) is 1.65. The van der Waals surface area contributed by atoms with Gasteiger partial charge in [0.2, 0.25) is 5.88 Å². The van der Waals surface area contributed by atoms with Crippen molar-refractivity contribution in [3.8, 4) is 5.88 Å². The Bertz CT molecular complexity index is 828. The van der Waals surface area contributed by atoms with Gasteiger partial charge in [0.15, 0.2) is 5.69 Å². The number of para-hydroxylation sites is 1. The fourth-order valence-corrected chi connectivity index (χ4v) is 2.90. The number of rotatable bonds is 5. The summed E-state index contributed by atoms with van der Waals surface area (Å²) < 4.78 is 9.29. The van der Waals surface area contributed by atoms with E-state index in [-0.39, 0.29) is 5.91 Å². The molecule has 6 heteroatoms. The van der Waals surface area contributed by atoms with Crippen molar-refractivity contribution in [2.75, 3.05) is 13.2 Å². The van der Waals surface area contributed by atoms with Crippen LogP contribution in [-0.4, -0.2) is 33.4 Å². The topological polar surface area (TPSA) is 61.1 Å². The lowest BCUT2D eigenvalue weighted by atomic mass is 10.2. The Balaban J connectivity index is 1.30. The summed E-state index contributed by atoms with van der Waals surface area (Å²) in [5, 5.41) is 8.39. The summed E-state index contributed by atoms with van der Waals surface area (Å²) >= 11 is 0. The first kappa shape index (κ1) is 13.9. The molecule has 1 amide bonds. The monoisotopic (exact) mass is 310 g/mol. The number of aryl methyl sites for hydroxylation is 1. The van der Waals surface area contributed by atoms with Crippen LogP contribution < -0.4 is 10.1 Å². The van der Waals surface area contributed by atoms with Gasteiger partial charge in [-0.3, -0.25) is 4.79 Å². The lowest BCUT2D eigenvalue weighted by Crippen LogP contribution is -2.26. The van der Waals surface area contributed by atoms with E-state index in [9.17, 15) is 4.79 Å². The molecule has 23 heavy (non-hydrogen) atoms. The van der Waals surface area contributed by atoms with Gasteiger partial charge in [0.1, 0.15) is 6.61 Å². The van der Waals surface area contributed by atoms with Gasteiger partial charge in [-0.05, 0) is 23.9 Å². The van der Waals surface area contributed by atoms with E-state index in [1.807, 2.05) is 12.1 Å². The molecule has 1 N–H and O–H groups in total. The van der Waals surface area contributed by atoms with E-state index in [1.54, 1.807) is 10.7 Å². The third kappa shape index (κ3) is 2.67. The minimum atomic E-state index is -0.145. The van der Waals surface area contributed by atoms with Gasteiger partial charge in [-0.25, -0.2) is 4.68 Å². The molecule has 3 heterocycles. The number of benzene rings is 1. The number of hydrogen-bond acceptors (Lipinski definition) is 3. The van der Waals surface area contributed by atoms with Gasteiger partial charge in [0.25, 0.3) is 5.91 Å². The number of nitrogens with zero attached hydrogens (tertiary/aromatic N) is 3. The van der Waals surface area contributed by atoms with Crippen LogP contribution in [0.2, 0.25) is 0 Å². The molecule has 0 bridgehead atoms. The Kier molecular flexibility index (Phi) is 3.49. The van der Waals surface area contributed by atoms with Crippen LogP contribution >= 0.6 is 0 Å². The minimum absolute atomic E-state index is 0.145. The van der Waals surface area contributed by atoms with Gasteiger partial charge >= 0.3 is 0 Å². The SMILES string of the molecule is O=C(NCCCn1ccc2ccccc21)c1cc2n(n1)CCO2. The molecule has 1 aliphatic rings. The van der Waals surface area contributed by atoms with Crippen molar-refractivity contribution in [2.24, 2.45) is 0 Å². The first-order valence-corrected chi connectivity index (χ1v) is 7.84. The van der Waals surface area contributed by atoms with E-state index in [4.69, 9.17) is 4.74 Å². The van der Waals surface area contributed by atoms with E-state index in [0.717, 1.165) is 13.0 Å². The van der Waals surface area contributed by atoms with Gasteiger partial charge in [0, 0.05) is 30.9 Å². The van der Waals surface area contributed by atoms with E-state index in [2.05, 4.69) is 39.4 Å². The van der Waals surface area contributed by atoms with Crippen molar-refractivity contribution in [2.45, 2.75) is 19.5 Å². The van der Waals surface area contributed by atoms with Crippen LogP contribution in [0.15, 0.2) is 42.6 Å². The van der Waals surface area contributed by atoms with Crippen LogP contribution in [0.4, 0.5) is 0 Å². The van der Waals surface area contributed by atoms with Crippen LogP contribution in [-0.2, 0) is 13.1 Å². The zero-order valence-corrected chi connectivity index (χ0v) is 12.7. The second kappa shape index (κ2) is 5.79. The highest BCUT2D eigenvalue weighted by molar-refractivity contribution is 5.92. The maximum Gasteiger partial charge on any atom is 0.271 e. The van der Waals surface area contributed by atoms with Gasteiger partial charge in [-0.1, -0.05) is 18.2 Å². The maximum atomic E-state index is 12.1. The van der Waals surface area contributed by atoms with E-state index in [1.165, 1.54) is 10.9 Å². The molecule has 1 aliphatic heterocycles. The number of ether oxygens (including phenoxy) is 1. The third-order valence-corrected chi connectivity index (χ3v) is 4.07. The molecule has 0 unspecified atom stereocenters. The molecule has 0 spiro atoms. The summed E-state index contributed by atoms with van der Waals surface area (Å²) in [7, 11) is 0. The van der Waals surface area contributed by atoms with Gasteiger partial charge in [-0.2, -0.15) is 5.10 Å². The Morgan fingerprint density at radius 1 is 1.30 bits per heavy atom. The number of aromatic nitrogens is 3. The zero-order valence-electron chi connectivity index (χ0n) is 12.7. The molecule has 6 nitrogen and oxygen atoms in total. The van der Waals surface area contributed by atoms with Crippen molar-refractivity contribution < 1.29 is 9.53 Å². The Hall–Kier alpha value is -2.76. The molecular weight excluding hydrogens is 292 g/mol. The lowest BCUT2D eigenvalue weighted by Gasteiger charge is -2.06. The lowest BCUT2D eigenvalue weighted by molar-refractivity contribution is 0.0946. The highest BCUT2D eigenvalue weighted by Gasteiger charge is 2.18. The molecule has 2 aromatic heterocycles. The fraction of sp³-hybridized carbons (Fsp3) is 0.294. The highest BCUT2D eigenvalue weighted by atomic mass is 16.5. The average molecular weight is 310 g/mol. The van der Waals surface area contributed by atoms with Crippen molar-refractivity contribution >= 4 is 16.8 Å². The molecule has 0 saturated heterocycles. The Morgan fingerprint density at radius 2 is 2.22 bits per heavy atom. The predicted octanol–water partition coefficient (Wildman–Crippen LogP) is 2.05. The molecule has 0 saturated carbocycles. The second-order valence-electron chi connectivity index (χ2n) is 5.62. The number of carbonyl (C=O) groups excluding carboxylic acids is 1. The number of fused-ring (bicyclic) bond motifs is 2. The van der Waals surface area contributed by atoms with Crippen molar-refractivity contribution in [1.29, 1.82) is 0 Å². The number of hydrogen-bond donors (Lipinski definition) is 1. The molecule has 0 radical (unpaired) electrons. The van der Waals surface area contributed by atoms with Crippen molar-refractivity contribution in [3.05, 3.63) is 48.3 Å². The van der Waals surface area contributed by atoms with Crippen LogP contribution in [0.1, 0.15) is 16.9 Å². The van der Waals surface area contributed by atoms with Gasteiger partial charge in [0.05, 0.1) is 6.54 Å². The average Bonchev–Trinajstić information content (AvgIpc) is 3.25. The van der Waals surface area contributed by atoms with E-state index < -0.39 is 0 Å². The summed E-state index contributed by atoms with van der Waals surface area (Å²) in [6, 6.07) is 12.1. The quantitative estimate of drug-likeness (QED) is 0.734. The highest BCUT2D eigenvalue weighted by Crippen LogP contribution is 2.18.